The van der Waals surface area contributed by atoms with Crippen molar-refractivity contribution in [2.45, 2.75) is 18.9 Å². The maximum absolute atomic E-state index is 12.0. The van der Waals surface area contributed by atoms with Gasteiger partial charge >= 0.3 is 5.97 Å². The van der Waals surface area contributed by atoms with Crippen LogP contribution in [0.4, 0.5) is 5.13 Å². The average Bonchev–Trinajstić information content (AvgIpc) is 3.03. The van der Waals surface area contributed by atoms with Gasteiger partial charge in [-0.25, -0.2) is 4.98 Å². The molecule has 21 heavy (non-hydrogen) atoms. The van der Waals surface area contributed by atoms with Crippen molar-refractivity contribution in [3.63, 3.8) is 0 Å². The summed E-state index contributed by atoms with van der Waals surface area (Å²) in [6, 6.07) is 7.11. The highest BCUT2D eigenvalue weighted by molar-refractivity contribution is 7.22. The summed E-state index contributed by atoms with van der Waals surface area (Å²) in [5.74, 6) is -1.08. The van der Waals surface area contributed by atoms with E-state index in [1.165, 1.54) is 11.3 Å². The zero-order valence-corrected chi connectivity index (χ0v) is 12.1. The molecule has 2 aromatic rings. The van der Waals surface area contributed by atoms with E-state index in [2.05, 4.69) is 10.3 Å². The van der Waals surface area contributed by atoms with E-state index in [0.29, 0.717) is 18.1 Å². The summed E-state index contributed by atoms with van der Waals surface area (Å²) in [7, 11) is 0. The van der Waals surface area contributed by atoms with Gasteiger partial charge in [0.15, 0.2) is 5.13 Å². The number of carboxylic acid groups (broad SMARTS) is 1. The third-order valence-corrected chi connectivity index (χ3v) is 4.49. The predicted octanol–water partition coefficient (Wildman–Crippen LogP) is 1.78. The Morgan fingerprint density at radius 2 is 2.24 bits per heavy atom. The second-order valence-corrected chi connectivity index (χ2v) is 6.03. The molecule has 7 heteroatoms. The Balaban J connectivity index is 1.65. The number of carboxylic acids is 1. The van der Waals surface area contributed by atoms with E-state index in [0.717, 1.165) is 16.6 Å². The Bertz CT molecular complexity index is 652. The molecule has 0 radical (unpaired) electrons. The van der Waals surface area contributed by atoms with E-state index < -0.39 is 12.0 Å². The fraction of sp³-hybridized carbons (Fsp3) is 0.357. The SMILES string of the molecule is O=C(CN1CCC[C@H]1C(=O)O)Nc1nc2ccccc2s1. The number of benzene rings is 1. The number of likely N-dealkylation sites (tertiary alicyclic amines) is 1. The van der Waals surface area contributed by atoms with Gasteiger partial charge in [-0.05, 0) is 31.5 Å². The number of para-hydroxylation sites is 1. The van der Waals surface area contributed by atoms with Crippen molar-refractivity contribution >= 4 is 38.6 Å². The number of carbonyl (C=O) groups excluding carboxylic acids is 1. The van der Waals surface area contributed by atoms with Gasteiger partial charge in [-0.2, -0.15) is 0 Å². The lowest BCUT2D eigenvalue weighted by Gasteiger charge is -2.19. The Hall–Kier alpha value is -1.99. The van der Waals surface area contributed by atoms with Crippen LogP contribution in [0.25, 0.3) is 10.2 Å². The summed E-state index contributed by atoms with van der Waals surface area (Å²) in [6.45, 7) is 0.733. The van der Waals surface area contributed by atoms with E-state index in [9.17, 15) is 9.59 Å². The Labute approximate surface area is 125 Å². The molecule has 6 nitrogen and oxygen atoms in total. The minimum atomic E-state index is -0.861. The van der Waals surface area contributed by atoms with E-state index in [4.69, 9.17) is 5.11 Å². The lowest BCUT2D eigenvalue weighted by atomic mass is 10.2. The van der Waals surface area contributed by atoms with Crippen molar-refractivity contribution in [1.82, 2.24) is 9.88 Å². The minimum Gasteiger partial charge on any atom is -0.480 e. The molecule has 2 N–H and O–H groups in total. The lowest BCUT2D eigenvalue weighted by Crippen LogP contribution is -2.40. The number of fused-ring (bicyclic) bond motifs is 1. The number of nitrogens with zero attached hydrogens (tertiary/aromatic N) is 2. The van der Waals surface area contributed by atoms with Gasteiger partial charge < -0.3 is 10.4 Å². The predicted molar refractivity (Wildman–Crippen MR) is 80.5 cm³/mol. The first-order valence-corrected chi connectivity index (χ1v) is 7.57. The van der Waals surface area contributed by atoms with Crippen LogP contribution in [0, 0.1) is 0 Å². The lowest BCUT2D eigenvalue weighted by molar-refractivity contribution is -0.142. The number of amides is 1. The number of aliphatic carboxylic acids is 1. The van der Waals surface area contributed by atoms with E-state index in [-0.39, 0.29) is 12.5 Å². The Morgan fingerprint density at radius 3 is 3.00 bits per heavy atom. The molecule has 0 spiro atoms. The Morgan fingerprint density at radius 1 is 1.43 bits per heavy atom. The van der Waals surface area contributed by atoms with Gasteiger partial charge in [0, 0.05) is 0 Å². The number of thiazole rings is 1. The highest BCUT2D eigenvalue weighted by Crippen LogP contribution is 2.25. The average molecular weight is 305 g/mol. The molecule has 1 atom stereocenters. The molecule has 1 aromatic carbocycles. The van der Waals surface area contributed by atoms with Gasteiger partial charge in [0.25, 0.3) is 0 Å². The summed E-state index contributed by atoms with van der Waals surface area (Å²) in [6.07, 6.45) is 1.41. The first-order chi connectivity index (χ1) is 10.1. The van der Waals surface area contributed by atoms with Crippen LogP contribution in [0.3, 0.4) is 0 Å². The zero-order chi connectivity index (χ0) is 14.8. The maximum atomic E-state index is 12.0. The molecule has 1 aromatic heterocycles. The van der Waals surface area contributed by atoms with Gasteiger partial charge in [0.05, 0.1) is 16.8 Å². The van der Waals surface area contributed by atoms with Crippen molar-refractivity contribution in [2.75, 3.05) is 18.4 Å². The fourth-order valence-corrected chi connectivity index (χ4v) is 3.45. The summed E-state index contributed by atoms with van der Waals surface area (Å²) in [5, 5.41) is 12.4. The van der Waals surface area contributed by atoms with Crippen molar-refractivity contribution in [1.29, 1.82) is 0 Å². The van der Waals surface area contributed by atoms with Crippen molar-refractivity contribution in [2.24, 2.45) is 0 Å². The largest absolute Gasteiger partial charge is 0.480 e. The highest BCUT2D eigenvalue weighted by Gasteiger charge is 2.31. The minimum absolute atomic E-state index is 0.0902. The molecule has 0 bridgehead atoms. The van der Waals surface area contributed by atoms with Crippen molar-refractivity contribution in [3.8, 4) is 0 Å². The fourth-order valence-electron chi connectivity index (χ4n) is 2.56. The van der Waals surface area contributed by atoms with Crippen LogP contribution in [0.5, 0.6) is 0 Å². The molecule has 3 rings (SSSR count). The first-order valence-electron chi connectivity index (χ1n) is 6.76. The van der Waals surface area contributed by atoms with Crippen molar-refractivity contribution in [3.05, 3.63) is 24.3 Å². The smallest absolute Gasteiger partial charge is 0.320 e. The number of carbonyl (C=O) groups is 2. The van der Waals surface area contributed by atoms with Crippen LogP contribution in [0.2, 0.25) is 0 Å². The second kappa shape index (κ2) is 5.79. The zero-order valence-electron chi connectivity index (χ0n) is 11.3. The summed E-state index contributed by atoms with van der Waals surface area (Å²) in [5.41, 5.74) is 0.849. The molecule has 1 fully saturated rings. The van der Waals surface area contributed by atoms with E-state index >= 15 is 0 Å². The number of hydrogen-bond donors (Lipinski definition) is 2. The Kier molecular flexibility index (Phi) is 3.85. The molecule has 1 aliphatic heterocycles. The summed E-state index contributed by atoms with van der Waals surface area (Å²) < 4.78 is 1.01. The van der Waals surface area contributed by atoms with Crippen LogP contribution >= 0.6 is 11.3 Å². The van der Waals surface area contributed by atoms with Crippen LogP contribution in [0.1, 0.15) is 12.8 Å². The standard InChI is InChI=1S/C14H15N3O3S/c18-12(8-17-7-3-5-10(17)13(19)20)16-14-15-9-4-1-2-6-11(9)21-14/h1-2,4,6,10H,3,5,7-8H2,(H,19,20)(H,15,16,18)/t10-/m0/s1. The van der Waals surface area contributed by atoms with E-state index in [1.54, 1.807) is 4.90 Å². The second-order valence-electron chi connectivity index (χ2n) is 5.00. The number of hydrogen-bond acceptors (Lipinski definition) is 5. The van der Waals surface area contributed by atoms with Gasteiger partial charge in [-0.3, -0.25) is 14.5 Å². The highest BCUT2D eigenvalue weighted by atomic mass is 32.1. The normalized spacial score (nSPS) is 19.0. The summed E-state index contributed by atoms with van der Waals surface area (Å²) >= 11 is 1.41. The summed E-state index contributed by atoms with van der Waals surface area (Å²) in [4.78, 5) is 29.2. The molecule has 110 valence electrons. The van der Waals surface area contributed by atoms with Crippen LogP contribution in [-0.2, 0) is 9.59 Å². The molecule has 0 unspecified atom stereocenters. The van der Waals surface area contributed by atoms with E-state index in [1.807, 2.05) is 24.3 Å². The molecular weight excluding hydrogens is 290 g/mol. The molecule has 0 saturated carbocycles. The third-order valence-electron chi connectivity index (χ3n) is 3.54. The first kappa shape index (κ1) is 14.0. The van der Waals surface area contributed by atoms with Crippen LogP contribution in [0.15, 0.2) is 24.3 Å². The van der Waals surface area contributed by atoms with Crippen molar-refractivity contribution < 1.29 is 14.7 Å². The van der Waals surface area contributed by atoms with Gasteiger partial charge in [0.2, 0.25) is 5.91 Å². The monoisotopic (exact) mass is 305 g/mol. The number of anilines is 1. The number of nitrogens with one attached hydrogen (secondary N) is 1. The van der Waals surface area contributed by atoms with Crippen LogP contribution < -0.4 is 5.32 Å². The maximum Gasteiger partial charge on any atom is 0.320 e. The molecule has 0 aliphatic carbocycles. The molecule has 2 heterocycles. The molecule has 1 amide bonds. The third kappa shape index (κ3) is 3.03. The number of aromatic nitrogens is 1. The molecule has 1 saturated heterocycles. The molecular formula is C14H15N3O3S. The quantitative estimate of drug-likeness (QED) is 0.900. The van der Waals surface area contributed by atoms with Crippen LogP contribution in [-0.4, -0.2) is 46.0 Å². The van der Waals surface area contributed by atoms with Gasteiger partial charge in [-0.1, -0.05) is 23.5 Å². The van der Waals surface area contributed by atoms with Gasteiger partial charge in [-0.15, -0.1) is 0 Å². The van der Waals surface area contributed by atoms with Gasteiger partial charge in [0.1, 0.15) is 6.04 Å². The number of rotatable bonds is 4. The molecule has 1 aliphatic rings. The topological polar surface area (TPSA) is 82.5 Å².